The minimum absolute atomic E-state index is 0.0373. The molecule has 2 aliphatic rings. The van der Waals surface area contributed by atoms with Gasteiger partial charge in [-0.25, -0.2) is 9.36 Å². The number of rotatable bonds is 7. The molecule has 5 heterocycles. The molecule has 16 heteroatoms. The number of β-lactam (4-membered cyclic amide) rings is 1. The van der Waals surface area contributed by atoms with Crippen LogP contribution in [0.5, 0.6) is 0 Å². The Labute approximate surface area is 205 Å². The number of amides is 2. The fraction of sp³-hybridized carbons (Fsp3) is 0.263. The Morgan fingerprint density at radius 1 is 1.49 bits per heavy atom. The smallest absolute Gasteiger partial charge is 0.352 e. The summed E-state index contributed by atoms with van der Waals surface area (Å²) in [4.78, 5) is 55.1. The third kappa shape index (κ3) is 3.95. The number of aliphatic carboxylic acids is 1. The minimum atomic E-state index is -1.22. The molecule has 5 rings (SSSR count). The molecule has 3 aromatic rings. The largest absolute Gasteiger partial charge is 0.477 e. The Bertz CT molecular complexity index is 1410. The second-order valence-corrected chi connectivity index (χ2v) is 9.36. The van der Waals surface area contributed by atoms with Crippen LogP contribution in [0.4, 0.5) is 5.13 Å². The van der Waals surface area contributed by atoms with Crippen LogP contribution in [0.1, 0.15) is 5.82 Å². The molecule has 180 valence electrons. The number of carboxylic acid groups (broad SMARTS) is 1. The number of anilines is 1. The number of pyridine rings is 1. The normalized spacial score (nSPS) is 20.0. The van der Waals surface area contributed by atoms with E-state index in [1.165, 1.54) is 23.8 Å². The van der Waals surface area contributed by atoms with Crippen LogP contribution in [-0.4, -0.2) is 77.1 Å². The molecule has 1 fully saturated rings. The van der Waals surface area contributed by atoms with Crippen molar-refractivity contribution in [2.75, 3.05) is 18.6 Å². The lowest BCUT2D eigenvalue weighted by molar-refractivity contribution is -0.664. The number of H-pyrrole nitrogens is 1. The summed E-state index contributed by atoms with van der Waals surface area (Å²) < 4.78 is 5.76. The first-order chi connectivity index (χ1) is 16.9. The molecule has 2 amide bonds. The zero-order chi connectivity index (χ0) is 24.7. The highest BCUT2D eigenvalue weighted by Crippen LogP contribution is 2.40. The van der Waals surface area contributed by atoms with Gasteiger partial charge in [-0.3, -0.25) is 14.5 Å². The summed E-state index contributed by atoms with van der Waals surface area (Å²) in [5, 5.41) is 15.7. The van der Waals surface area contributed by atoms with Gasteiger partial charge in [0.05, 0.1) is 6.20 Å². The summed E-state index contributed by atoms with van der Waals surface area (Å²) >= 11 is 2.24. The molecule has 0 aliphatic carbocycles. The van der Waals surface area contributed by atoms with Gasteiger partial charge in [-0.05, 0) is 17.1 Å². The van der Waals surface area contributed by atoms with Gasteiger partial charge in [-0.1, -0.05) is 5.16 Å². The third-order valence-electron chi connectivity index (χ3n) is 5.40. The number of aromatic amines is 1. The lowest BCUT2D eigenvalue weighted by Gasteiger charge is -2.49. The zero-order valence-electron chi connectivity index (χ0n) is 18.0. The number of fused-ring (bicyclic) bond motifs is 2. The minimum Gasteiger partial charge on any atom is -0.477 e. The highest BCUT2D eigenvalue weighted by atomic mass is 32.2. The van der Waals surface area contributed by atoms with Gasteiger partial charge in [0, 0.05) is 22.9 Å². The Morgan fingerprint density at radius 2 is 2.31 bits per heavy atom. The number of hydrogen-bond acceptors (Lipinski definition) is 11. The van der Waals surface area contributed by atoms with E-state index in [9.17, 15) is 19.5 Å². The maximum absolute atomic E-state index is 13.0. The number of oxime groups is 1. The second kappa shape index (κ2) is 8.95. The fourth-order valence-electron chi connectivity index (χ4n) is 3.92. The topological polar surface area (TPSA) is 193 Å². The number of nitrogens with two attached hydrogens (primary N) is 1. The van der Waals surface area contributed by atoms with Crippen molar-refractivity contribution in [1.29, 1.82) is 0 Å². The van der Waals surface area contributed by atoms with Crippen LogP contribution in [0.3, 0.4) is 0 Å². The van der Waals surface area contributed by atoms with E-state index in [0.717, 1.165) is 17.0 Å². The highest BCUT2D eigenvalue weighted by Gasteiger charge is 2.54. The summed E-state index contributed by atoms with van der Waals surface area (Å²) in [5.74, 6) is -2.20. The number of imidazole rings is 1. The molecule has 1 saturated heterocycles. The molecule has 0 aromatic carbocycles. The Balaban J connectivity index is 1.38. The predicted octanol–water partition coefficient (Wildman–Crippen LogP) is -0.927. The van der Waals surface area contributed by atoms with Crippen LogP contribution in [0.25, 0.3) is 11.2 Å². The summed E-state index contributed by atoms with van der Waals surface area (Å²) in [7, 11) is 1.25. The van der Waals surface area contributed by atoms with Crippen molar-refractivity contribution in [3.05, 3.63) is 41.8 Å². The standard InChI is InChI=1S/C19H17N9O5S2/c1-33-25-10(13-24-19(20)35-26-13)15(29)23-11-16(30)28-12(18(31)32)8(6-34-17(11)28)5-27-4-2-3-9-14(27)22-7-21-9/h2-4,7,11,17H,5-6H2,1H3,(H4,20,23,24,26,29,31,32)/p+1/b25-10-. The summed E-state index contributed by atoms with van der Waals surface area (Å²) in [6.07, 6.45) is 3.35. The highest BCUT2D eigenvalue weighted by molar-refractivity contribution is 8.00. The van der Waals surface area contributed by atoms with Crippen molar-refractivity contribution in [1.82, 2.24) is 29.5 Å². The van der Waals surface area contributed by atoms with Gasteiger partial charge in [-0.2, -0.15) is 9.36 Å². The molecule has 2 atom stereocenters. The van der Waals surface area contributed by atoms with Crippen LogP contribution in [0.15, 0.2) is 41.1 Å². The molecular weight excluding hydrogens is 498 g/mol. The van der Waals surface area contributed by atoms with Gasteiger partial charge in [0.15, 0.2) is 5.13 Å². The van der Waals surface area contributed by atoms with Crippen LogP contribution in [-0.2, 0) is 25.8 Å². The third-order valence-corrected chi connectivity index (χ3v) is 7.28. The molecule has 5 N–H and O–H groups in total. The molecule has 14 nitrogen and oxygen atoms in total. The van der Waals surface area contributed by atoms with Crippen LogP contribution < -0.4 is 15.6 Å². The average molecular weight is 517 g/mol. The molecule has 2 unspecified atom stereocenters. The van der Waals surface area contributed by atoms with E-state index < -0.39 is 29.2 Å². The second-order valence-electron chi connectivity index (χ2n) is 7.47. The van der Waals surface area contributed by atoms with Crippen molar-refractivity contribution in [2.45, 2.75) is 18.0 Å². The maximum Gasteiger partial charge on any atom is 0.352 e. The number of nitrogen functional groups attached to an aromatic ring is 1. The molecule has 0 bridgehead atoms. The number of nitrogens with zero attached hydrogens (tertiary/aromatic N) is 6. The Hall–Kier alpha value is -4.05. The lowest BCUT2D eigenvalue weighted by Crippen LogP contribution is -2.71. The van der Waals surface area contributed by atoms with Gasteiger partial charge in [-0.15, -0.1) is 11.8 Å². The van der Waals surface area contributed by atoms with Crippen molar-refractivity contribution in [3.8, 4) is 0 Å². The first-order valence-corrected chi connectivity index (χ1v) is 11.9. The molecule has 0 radical (unpaired) electrons. The van der Waals surface area contributed by atoms with E-state index in [0.29, 0.717) is 17.0 Å². The average Bonchev–Trinajstić information content (AvgIpc) is 3.49. The lowest BCUT2D eigenvalue weighted by atomic mass is 10.0. The van der Waals surface area contributed by atoms with Gasteiger partial charge in [0.2, 0.25) is 17.9 Å². The first-order valence-electron chi connectivity index (χ1n) is 10.1. The van der Waals surface area contributed by atoms with Crippen LogP contribution in [0, 0.1) is 0 Å². The summed E-state index contributed by atoms with van der Waals surface area (Å²) in [5.41, 5.74) is 7.27. The SMILES string of the molecule is CO/N=C(\C(=O)NC1C(=O)N2C(C(=O)O)=C(C[n+]3cccc4[nH]cnc43)CSC12)c1nsc(N)n1. The number of thioether (sulfide) groups is 1. The number of carbonyl (C=O) groups is 3. The zero-order valence-corrected chi connectivity index (χ0v) is 19.7. The summed E-state index contributed by atoms with van der Waals surface area (Å²) in [6, 6.07) is 2.73. The van der Waals surface area contributed by atoms with Gasteiger partial charge in [0.25, 0.3) is 11.8 Å². The number of hydrogen-bond donors (Lipinski definition) is 4. The van der Waals surface area contributed by atoms with Crippen molar-refractivity contribution < 1.29 is 28.9 Å². The van der Waals surface area contributed by atoms with E-state index >= 15 is 0 Å². The number of carboxylic acids is 1. The van der Waals surface area contributed by atoms with Gasteiger partial charge in [0.1, 0.15) is 36.3 Å². The van der Waals surface area contributed by atoms with E-state index in [2.05, 4.69) is 29.8 Å². The number of nitrogens with one attached hydrogen (secondary N) is 2. The Kier molecular flexibility index (Phi) is 5.81. The number of aromatic nitrogens is 5. The fourth-order valence-corrected chi connectivity index (χ4v) is 5.69. The molecule has 0 saturated carbocycles. The molecule has 0 spiro atoms. The predicted molar refractivity (Wildman–Crippen MR) is 124 cm³/mol. The van der Waals surface area contributed by atoms with E-state index in [-0.39, 0.29) is 28.9 Å². The van der Waals surface area contributed by atoms with Gasteiger partial charge < -0.3 is 26.0 Å². The van der Waals surface area contributed by atoms with E-state index in [1.807, 2.05) is 16.7 Å². The monoisotopic (exact) mass is 516 g/mol. The number of carbonyl (C=O) groups excluding carboxylic acids is 2. The van der Waals surface area contributed by atoms with Crippen LogP contribution in [0.2, 0.25) is 0 Å². The van der Waals surface area contributed by atoms with Crippen molar-refractivity contribution in [3.63, 3.8) is 0 Å². The first kappa shape index (κ1) is 22.7. The molecule has 2 aliphatic heterocycles. The Morgan fingerprint density at radius 3 is 3.03 bits per heavy atom. The molecule has 35 heavy (non-hydrogen) atoms. The maximum atomic E-state index is 13.0. The summed E-state index contributed by atoms with van der Waals surface area (Å²) in [6.45, 7) is 0.242. The van der Waals surface area contributed by atoms with Crippen molar-refractivity contribution >= 4 is 63.1 Å². The molecular formula is C19H18N9O5S2+. The van der Waals surface area contributed by atoms with Gasteiger partial charge >= 0.3 is 11.6 Å². The van der Waals surface area contributed by atoms with Crippen molar-refractivity contribution in [2.24, 2.45) is 5.16 Å². The van der Waals surface area contributed by atoms with Crippen LogP contribution >= 0.6 is 23.3 Å². The van der Waals surface area contributed by atoms with E-state index in [4.69, 9.17) is 10.6 Å². The quantitative estimate of drug-likeness (QED) is 0.132. The molecule has 3 aromatic heterocycles. The van der Waals surface area contributed by atoms with E-state index in [1.54, 1.807) is 12.5 Å².